The van der Waals surface area contributed by atoms with Crippen molar-refractivity contribution in [2.75, 3.05) is 31.6 Å². The number of hydrogen-bond acceptors (Lipinski definition) is 4. The zero-order valence-corrected chi connectivity index (χ0v) is 12.8. The molecular formula is C13H26N2O3S. The van der Waals surface area contributed by atoms with E-state index in [1.807, 2.05) is 0 Å². The van der Waals surface area contributed by atoms with Crippen molar-refractivity contribution in [3.8, 4) is 0 Å². The maximum absolute atomic E-state index is 11.9. The molecule has 0 aromatic rings. The van der Waals surface area contributed by atoms with Crippen LogP contribution in [0, 0.1) is 0 Å². The first kappa shape index (κ1) is 16.4. The number of carbonyl (C=O) groups is 1. The van der Waals surface area contributed by atoms with E-state index in [-0.39, 0.29) is 23.5 Å². The molecule has 1 unspecified atom stereocenters. The first-order valence-corrected chi connectivity index (χ1v) is 8.95. The third-order valence-corrected chi connectivity index (χ3v) is 5.37. The molecule has 1 amide bonds. The van der Waals surface area contributed by atoms with Crippen LogP contribution in [0.4, 0.5) is 0 Å². The van der Waals surface area contributed by atoms with Crippen molar-refractivity contribution in [2.24, 2.45) is 0 Å². The summed E-state index contributed by atoms with van der Waals surface area (Å²) in [5, 5.41) is 3.25. The molecule has 112 valence electrons. The molecule has 1 aliphatic heterocycles. The Bertz CT molecular complexity index is 381. The summed E-state index contributed by atoms with van der Waals surface area (Å²) in [6.07, 6.45) is 4.56. The molecule has 0 aromatic carbocycles. The van der Waals surface area contributed by atoms with Crippen LogP contribution in [0.3, 0.4) is 0 Å². The molecule has 0 bridgehead atoms. The molecular weight excluding hydrogens is 264 g/mol. The number of hydrogen-bond donors (Lipinski definition) is 1. The first-order chi connectivity index (χ1) is 8.96. The fraction of sp³-hybridized carbons (Fsp3) is 0.923. The van der Waals surface area contributed by atoms with Gasteiger partial charge in [0.15, 0.2) is 9.84 Å². The van der Waals surface area contributed by atoms with Crippen LogP contribution in [0.2, 0.25) is 0 Å². The lowest BCUT2D eigenvalue weighted by atomic mass is 10.2. The summed E-state index contributed by atoms with van der Waals surface area (Å²) in [4.78, 5) is 13.5. The highest BCUT2D eigenvalue weighted by Gasteiger charge is 2.32. The van der Waals surface area contributed by atoms with Crippen LogP contribution in [0.25, 0.3) is 0 Å². The molecule has 1 fully saturated rings. The Morgan fingerprint density at radius 1 is 1.32 bits per heavy atom. The second-order valence-electron chi connectivity index (χ2n) is 5.27. The zero-order valence-electron chi connectivity index (χ0n) is 12.0. The Kier molecular flexibility index (Phi) is 6.79. The summed E-state index contributed by atoms with van der Waals surface area (Å²) in [7, 11) is -1.21. The lowest BCUT2D eigenvalue weighted by Gasteiger charge is -2.23. The fourth-order valence-corrected chi connectivity index (χ4v) is 4.06. The summed E-state index contributed by atoms with van der Waals surface area (Å²) < 4.78 is 22.8. The van der Waals surface area contributed by atoms with E-state index in [9.17, 15) is 13.2 Å². The molecule has 6 heteroatoms. The van der Waals surface area contributed by atoms with Crippen LogP contribution in [0.5, 0.6) is 0 Å². The van der Waals surface area contributed by atoms with Gasteiger partial charge in [0.1, 0.15) is 0 Å². The molecule has 1 atom stereocenters. The first-order valence-electron chi connectivity index (χ1n) is 7.13. The maximum atomic E-state index is 11.9. The van der Waals surface area contributed by atoms with Crippen LogP contribution >= 0.6 is 0 Å². The minimum atomic E-state index is -2.92. The summed E-state index contributed by atoms with van der Waals surface area (Å²) in [5.41, 5.74) is 0. The van der Waals surface area contributed by atoms with Gasteiger partial charge in [-0.15, -0.1) is 0 Å². The van der Waals surface area contributed by atoms with Gasteiger partial charge < -0.3 is 10.2 Å². The minimum absolute atomic E-state index is 0.0325. The van der Waals surface area contributed by atoms with E-state index in [0.29, 0.717) is 19.4 Å². The molecule has 1 heterocycles. The second-order valence-corrected chi connectivity index (χ2v) is 7.50. The van der Waals surface area contributed by atoms with Crippen molar-refractivity contribution in [1.29, 1.82) is 0 Å². The molecule has 19 heavy (non-hydrogen) atoms. The van der Waals surface area contributed by atoms with E-state index in [4.69, 9.17) is 0 Å². The average molecular weight is 290 g/mol. The van der Waals surface area contributed by atoms with Crippen LogP contribution in [-0.4, -0.2) is 56.9 Å². The lowest BCUT2D eigenvalue weighted by molar-refractivity contribution is -0.131. The van der Waals surface area contributed by atoms with Gasteiger partial charge in [-0.3, -0.25) is 4.79 Å². The lowest BCUT2D eigenvalue weighted by Crippen LogP contribution is -2.39. The molecule has 5 nitrogen and oxygen atoms in total. The van der Waals surface area contributed by atoms with Crippen molar-refractivity contribution < 1.29 is 13.2 Å². The maximum Gasteiger partial charge on any atom is 0.223 e. The normalized spacial score (nSPS) is 21.5. The van der Waals surface area contributed by atoms with Crippen molar-refractivity contribution in [3.05, 3.63) is 0 Å². The summed E-state index contributed by atoms with van der Waals surface area (Å²) >= 11 is 0. The Labute approximate surface area is 116 Å². The predicted molar refractivity (Wildman–Crippen MR) is 76.8 cm³/mol. The van der Waals surface area contributed by atoms with E-state index >= 15 is 0 Å². The van der Waals surface area contributed by atoms with Crippen molar-refractivity contribution >= 4 is 15.7 Å². The molecule has 1 aliphatic rings. The average Bonchev–Trinajstić information content (AvgIpc) is 2.73. The quantitative estimate of drug-likeness (QED) is 0.672. The third kappa shape index (κ3) is 5.91. The number of sulfone groups is 1. The molecule has 1 N–H and O–H groups in total. The number of nitrogens with one attached hydrogen (secondary N) is 1. The van der Waals surface area contributed by atoms with E-state index in [0.717, 1.165) is 13.0 Å². The van der Waals surface area contributed by atoms with Gasteiger partial charge in [-0.1, -0.05) is 19.8 Å². The highest BCUT2D eigenvalue weighted by molar-refractivity contribution is 7.91. The van der Waals surface area contributed by atoms with E-state index in [1.165, 1.54) is 12.8 Å². The minimum Gasteiger partial charge on any atom is -0.342 e. The molecule has 0 saturated carbocycles. The monoisotopic (exact) mass is 290 g/mol. The van der Waals surface area contributed by atoms with Crippen molar-refractivity contribution in [1.82, 2.24) is 10.2 Å². The van der Waals surface area contributed by atoms with Gasteiger partial charge in [-0.2, -0.15) is 0 Å². The predicted octanol–water partition coefficient (Wildman–Crippen LogP) is 0.802. The molecule has 0 aliphatic carbocycles. The van der Waals surface area contributed by atoms with E-state index in [1.54, 1.807) is 11.9 Å². The molecule has 0 radical (unpaired) electrons. The van der Waals surface area contributed by atoms with Crippen molar-refractivity contribution in [3.63, 3.8) is 0 Å². The standard InChI is InChI=1S/C13H26N2O3S/c1-3-4-5-8-14-9-6-13(16)15(2)12-7-10-19(17,18)11-12/h12,14H,3-11H2,1-2H3. The molecule has 1 rings (SSSR count). The van der Waals surface area contributed by atoms with E-state index in [2.05, 4.69) is 12.2 Å². The Balaban J connectivity index is 2.19. The van der Waals surface area contributed by atoms with Gasteiger partial charge in [0.2, 0.25) is 5.91 Å². The van der Waals surface area contributed by atoms with Crippen LogP contribution in [0.1, 0.15) is 39.0 Å². The van der Waals surface area contributed by atoms with Gasteiger partial charge in [0.25, 0.3) is 0 Å². The highest BCUT2D eigenvalue weighted by Crippen LogP contribution is 2.16. The largest absolute Gasteiger partial charge is 0.342 e. The summed E-state index contributed by atoms with van der Waals surface area (Å²) in [6.45, 7) is 3.78. The topological polar surface area (TPSA) is 66.5 Å². The Morgan fingerprint density at radius 2 is 2.05 bits per heavy atom. The van der Waals surface area contributed by atoms with Gasteiger partial charge in [0, 0.05) is 26.1 Å². The fourth-order valence-electron chi connectivity index (χ4n) is 2.28. The molecule has 0 aromatic heterocycles. The molecule has 1 saturated heterocycles. The summed E-state index contributed by atoms with van der Waals surface area (Å²) in [5.74, 6) is 0.370. The van der Waals surface area contributed by atoms with Gasteiger partial charge >= 0.3 is 0 Å². The molecule has 0 spiro atoms. The Morgan fingerprint density at radius 3 is 2.63 bits per heavy atom. The van der Waals surface area contributed by atoms with Crippen molar-refractivity contribution in [2.45, 2.75) is 45.1 Å². The van der Waals surface area contributed by atoms with E-state index < -0.39 is 9.84 Å². The third-order valence-electron chi connectivity index (χ3n) is 3.62. The summed E-state index contributed by atoms with van der Waals surface area (Å²) in [6, 6.07) is -0.127. The smallest absolute Gasteiger partial charge is 0.223 e. The number of amides is 1. The van der Waals surface area contributed by atoms with Crippen LogP contribution in [-0.2, 0) is 14.6 Å². The second kappa shape index (κ2) is 7.85. The van der Waals surface area contributed by atoms with Crippen LogP contribution in [0.15, 0.2) is 0 Å². The number of rotatable bonds is 8. The SMILES string of the molecule is CCCCCNCCC(=O)N(C)C1CCS(=O)(=O)C1. The zero-order chi connectivity index (χ0) is 14.3. The van der Waals surface area contributed by atoms with Gasteiger partial charge in [0.05, 0.1) is 11.5 Å². The Hall–Kier alpha value is -0.620. The number of carbonyl (C=O) groups excluding carboxylic acids is 1. The van der Waals surface area contributed by atoms with Crippen LogP contribution < -0.4 is 5.32 Å². The highest BCUT2D eigenvalue weighted by atomic mass is 32.2. The number of nitrogens with zero attached hydrogens (tertiary/aromatic N) is 1. The number of unbranched alkanes of at least 4 members (excludes halogenated alkanes) is 2. The van der Waals surface area contributed by atoms with Gasteiger partial charge in [-0.05, 0) is 19.4 Å². The van der Waals surface area contributed by atoms with Gasteiger partial charge in [-0.25, -0.2) is 8.42 Å².